The number of aromatic carboxylic acids is 1. The van der Waals surface area contributed by atoms with Gasteiger partial charge in [0.05, 0.1) is 5.56 Å². The molecule has 0 unspecified atom stereocenters. The van der Waals surface area contributed by atoms with E-state index in [9.17, 15) is 13.2 Å². The van der Waals surface area contributed by atoms with Crippen molar-refractivity contribution < 1.29 is 18.3 Å². The summed E-state index contributed by atoms with van der Waals surface area (Å²) in [5.41, 5.74) is -0.0257. The Morgan fingerprint density at radius 1 is 1.44 bits per heavy atom. The Kier molecular flexibility index (Phi) is 4.62. The van der Waals surface area contributed by atoms with Crippen molar-refractivity contribution in [1.29, 1.82) is 0 Å². The van der Waals surface area contributed by atoms with Crippen LogP contribution in [0.5, 0.6) is 0 Å². The van der Waals surface area contributed by atoms with E-state index < -0.39 is 16.2 Å². The van der Waals surface area contributed by atoms with E-state index in [1.54, 1.807) is 13.8 Å². The number of carboxylic acid groups (broad SMARTS) is 1. The summed E-state index contributed by atoms with van der Waals surface area (Å²) >= 11 is 0. The highest BCUT2D eigenvalue weighted by Crippen LogP contribution is 2.10. The van der Waals surface area contributed by atoms with Crippen LogP contribution in [0, 0.1) is 0 Å². The molecule has 0 radical (unpaired) electrons. The minimum atomic E-state index is -3.69. The molecule has 8 heteroatoms. The average molecular weight is 273 g/mol. The number of aromatic nitrogens is 1. The maximum Gasteiger partial charge on any atom is 0.335 e. The normalized spacial score (nSPS) is 11.5. The van der Waals surface area contributed by atoms with Crippen LogP contribution in [0.3, 0.4) is 0 Å². The van der Waals surface area contributed by atoms with E-state index in [1.165, 1.54) is 22.6 Å². The molecule has 0 saturated heterocycles. The van der Waals surface area contributed by atoms with Crippen LogP contribution in [0.4, 0.5) is 5.82 Å². The first-order chi connectivity index (χ1) is 8.40. The molecular weight excluding hydrogens is 258 g/mol. The van der Waals surface area contributed by atoms with Gasteiger partial charge in [-0.2, -0.15) is 12.7 Å². The number of hydrogen-bond acceptors (Lipinski definition) is 4. The minimum Gasteiger partial charge on any atom is -0.478 e. The summed E-state index contributed by atoms with van der Waals surface area (Å²) < 4.78 is 27.2. The Labute approximate surface area is 106 Å². The van der Waals surface area contributed by atoms with Crippen molar-refractivity contribution in [3.63, 3.8) is 0 Å². The van der Waals surface area contributed by atoms with E-state index in [0.717, 1.165) is 0 Å². The van der Waals surface area contributed by atoms with Crippen molar-refractivity contribution in [2.24, 2.45) is 0 Å². The third-order valence-electron chi connectivity index (χ3n) is 2.29. The predicted molar refractivity (Wildman–Crippen MR) is 66.7 cm³/mol. The van der Waals surface area contributed by atoms with Crippen LogP contribution in [-0.2, 0) is 10.2 Å². The van der Waals surface area contributed by atoms with Gasteiger partial charge in [0.2, 0.25) is 0 Å². The minimum absolute atomic E-state index is 0.0122. The zero-order valence-electron chi connectivity index (χ0n) is 10.1. The summed E-state index contributed by atoms with van der Waals surface area (Å²) in [5, 5.41) is 8.79. The molecule has 1 aromatic rings. The third kappa shape index (κ3) is 3.41. The largest absolute Gasteiger partial charge is 0.478 e. The Hall–Kier alpha value is -1.67. The summed E-state index contributed by atoms with van der Waals surface area (Å²) in [4.78, 5) is 14.5. The number of nitrogens with one attached hydrogen (secondary N) is 1. The second-order valence-corrected chi connectivity index (χ2v) is 5.10. The molecule has 1 aromatic heterocycles. The van der Waals surface area contributed by atoms with E-state index in [0.29, 0.717) is 13.1 Å². The number of rotatable bonds is 6. The van der Waals surface area contributed by atoms with Crippen LogP contribution in [0.25, 0.3) is 0 Å². The van der Waals surface area contributed by atoms with Crippen LogP contribution in [0.1, 0.15) is 24.2 Å². The fraction of sp³-hybridized carbons (Fsp3) is 0.400. The molecule has 1 heterocycles. The van der Waals surface area contributed by atoms with E-state index >= 15 is 0 Å². The van der Waals surface area contributed by atoms with Gasteiger partial charge in [-0.1, -0.05) is 13.8 Å². The molecule has 100 valence electrons. The zero-order valence-corrected chi connectivity index (χ0v) is 10.9. The van der Waals surface area contributed by atoms with Gasteiger partial charge in [0.1, 0.15) is 5.82 Å². The quantitative estimate of drug-likeness (QED) is 0.797. The summed E-state index contributed by atoms with van der Waals surface area (Å²) in [5.74, 6) is -1.15. The van der Waals surface area contributed by atoms with Gasteiger partial charge in [-0.25, -0.2) is 9.78 Å². The number of hydrogen-bond donors (Lipinski definition) is 2. The van der Waals surface area contributed by atoms with E-state index in [4.69, 9.17) is 5.11 Å². The molecule has 0 saturated carbocycles. The Bertz CT molecular complexity index is 526. The number of carbonyl (C=O) groups is 1. The van der Waals surface area contributed by atoms with E-state index in [2.05, 4.69) is 9.71 Å². The predicted octanol–water partition coefficient (Wildman–Crippen LogP) is 0.778. The summed E-state index contributed by atoms with van der Waals surface area (Å²) in [6, 6.07) is 2.46. The summed E-state index contributed by atoms with van der Waals surface area (Å²) in [7, 11) is -3.69. The highest BCUT2D eigenvalue weighted by Gasteiger charge is 2.19. The molecule has 0 spiro atoms. The Balaban J connectivity index is 2.97. The van der Waals surface area contributed by atoms with Gasteiger partial charge in [0.25, 0.3) is 0 Å². The van der Waals surface area contributed by atoms with Crippen molar-refractivity contribution in [2.75, 3.05) is 17.8 Å². The standard InChI is InChI=1S/C10H15N3O4S/c1-3-13(4-2)18(16,17)12-9-7-8(10(14)15)5-6-11-9/h5-7H,3-4H2,1-2H3,(H,11,12)(H,14,15). The molecule has 18 heavy (non-hydrogen) atoms. The van der Waals surface area contributed by atoms with E-state index in [-0.39, 0.29) is 11.4 Å². The Morgan fingerprint density at radius 2 is 2.06 bits per heavy atom. The molecule has 0 amide bonds. The second kappa shape index (κ2) is 5.78. The molecule has 0 bridgehead atoms. The first-order valence-electron chi connectivity index (χ1n) is 5.38. The number of anilines is 1. The van der Waals surface area contributed by atoms with Crippen molar-refractivity contribution in [1.82, 2.24) is 9.29 Å². The lowest BCUT2D eigenvalue weighted by Gasteiger charge is -2.18. The van der Waals surface area contributed by atoms with Crippen LogP contribution >= 0.6 is 0 Å². The summed E-state index contributed by atoms with van der Waals surface area (Å²) in [6.07, 6.45) is 1.24. The fourth-order valence-electron chi connectivity index (χ4n) is 1.38. The van der Waals surface area contributed by atoms with Gasteiger partial charge in [-0.05, 0) is 12.1 Å². The third-order valence-corrected chi connectivity index (χ3v) is 3.95. The van der Waals surface area contributed by atoms with Gasteiger partial charge in [-0.15, -0.1) is 0 Å². The molecule has 0 aliphatic carbocycles. The molecule has 1 rings (SSSR count). The molecule has 0 fully saturated rings. The van der Waals surface area contributed by atoms with Crippen molar-refractivity contribution in [3.8, 4) is 0 Å². The fourth-order valence-corrected chi connectivity index (χ4v) is 2.56. The van der Waals surface area contributed by atoms with Crippen molar-refractivity contribution in [3.05, 3.63) is 23.9 Å². The van der Waals surface area contributed by atoms with Gasteiger partial charge < -0.3 is 5.11 Å². The zero-order chi connectivity index (χ0) is 13.8. The first kappa shape index (κ1) is 14.4. The lowest BCUT2D eigenvalue weighted by atomic mass is 10.3. The maximum atomic E-state index is 11.9. The van der Waals surface area contributed by atoms with Gasteiger partial charge in [0, 0.05) is 19.3 Å². The highest BCUT2D eigenvalue weighted by atomic mass is 32.2. The maximum absolute atomic E-state index is 11.9. The van der Waals surface area contributed by atoms with Crippen LogP contribution in [0.15, 0.2) is 18.3 Å². The molecular formula is C10H15N3O4S. The number of nitrogens with zero attached hydrogens (tertiary/aromatic N) is 2. The Morgan fingerprint density at radius 3 is 2.56 bits per heavy atom. The lowest BCUT2D eigenvalue weighted by Crippen LogP contribution is -2.35. The van der Waals surface area contributed by atoms with Gasteiger partial charge in [0.15, 0.2) is 0 Å². The average Bonchev–Trinajstić information content (AvgIpc) is 2.29. The van der Waals surface area contributed by atoms with Crippen LogP contribution in [-0.4, -0.2) is 41.9 Å². The highest BCUT2D eigenvalue weighted by molar-refractivity contribution is 7.90. The van der Waals surface area contributed by atoms with Crippen LogP contribution in [0.2, 0.25) is 0 Å². The SMILES string of the molecule is CCN(CC)S(=O)(=O)Nc1cc(C(=O)O)ccn1. The second-order valence-electron chi connectivity index (χ2n) is 3.43. The molecule has 0 aromatic carbocycles. The smallest absolute Gasteiger partial charge is 0.335 e. The van der Waals surface area contributed by atoms with Gasteiger partial charge >= 0.3 is 16.2 Å². The molecule has 0 atom stereocenters. The molecule has 0 aliphatic heterocycles. The summed E-state index contributed by atoms with van der Waals surface area (Å²) in [6.45, 7) is 4.07. The molecule has 7 nitrogen and oxygen atoms in total. The first-order valence-corrected chi connectivity index (χ1v) is 6.82. The number of carboxylic acids is 1. The van der Waals surface area contributed by atoms with Gasteiger partial charge in [-0.3, -0.25) is 4.72 Å². The van der Waals surface area contributed by atoms with Crippen LogP contribution < -0.4 is 4.72 Å². The topological polar surface area (TPSA) is 99.6 Å². The molecule has 0 aliphatic rings. The lowest BCUT2D eigenvalue weighted by molar-refractivity contribution is 0.0697. The van der Waals surface area contributed by atoms with Crippen molar-refractivity contribution in [2.45, 2.75) is 13.8 Å². The number of pyridine rings is 1. The molecule has 2 N–H and O–H groups in total. The van der Waals surface area contributed by atoms with E-state index in [1.807, 2.05) is 0 Å². The van der Waals surface area contributed by atoms with Crippen molar-refractivity contribution >= 4 is 22.0 Å². The monoisotopic (exact) mass is 273 g/mol.